The van der Waals surface area contributed by atoms with Crippen LogP contribution >= 0.6 is 0 Å². The molecule has 41 heavy (non-hydrogen) atoms. The molecule has 3 rings (SSSR count). The highest BCUT2D eigenvalue weighted by molar-refractivity contribution is 5.87. The van der Waals surface area contributed by atoms with Crippen LogP contribution in [0.25, 0.3) is 0 Å². The number of benzene rings is 2. The van der Waals surface area contributed by atoms with Gasteiger partial charge in [0.25, 0.3) is 0 Å². The highest BCUT2D eigenvalue weighted by atomic mass is 16.6. The van der Waals surface area contributed by atoms with Crippen LogP contribution in [0, 0.1) is 5.92 Å². The van der Waals surface area contributed by atoms with Crippen LogP contribution in [0.5, 0.6) is 5.75 Å². The number of rotatable bonds is 17. The second kappa shape index (κ2) is 17.1. The lowest BCUT2D eigenvalue weighted by atomic mass is 9.77. The Labute approximate surface area is 244 Å². The van der Waals surface area contributed by atoms with Crippen LogP contribution in [0.3, 0.4) is 0 Å². The van der Waals surface area contributed by atoms with Gasteiger partial charge in [0.2, 0.25) is 0 Å². The third kappa shape index (κ3) is 10.7. The maximum atomic E-state index is 11.8. The molecule has 1 fully saturated rings. The fourth-order valence-corrected chi connectivity index (χ4v) is 5.26. The third-order valence-electron chi connectivity index (χ3n) is 7.75. The van der Waals surface area contributed by atoms with E-state index in [9.17, 15) is 9.90 Å². The average molecular weight is 567 g/mol. The van der Waals surface area contributed by atoms with E-state index in [-0.39, 0.29) is 31.0 Å². The fourth-order valence-electron chi connectivity index (χ4n) is 5.26. The van der Waals surface area contributed by atoms with Crippen molar-refractivity contribution in [2.75, 3.05) is 26.4 Å². The molecule has 1 aliphatic carbocycles. The van der Waals surface area contributed by atoms with Gasteiger partial charge in [-0.05, 0) is 78.3 Å². The van der Waals surface area contributed by atoms with Gasteiger partial charge in [0.15, 0.2) is 6.29 Å². The largest absolute Gasteiger partial charge is 0.489 e. The molecule has 2 aromatic carbocycles. The standard InChI is InChI=1S/C34H46O7/c1-4-5-26-6-10-30(11-7-26)31-12-8-27(9-13-31)23-41-32-19-28(14-16-39-33(37)24(2)21-35)18-29(20-32)15-17-40-34(38)25(3)22-36/h8-9,12-13,18-20,26,30,33,35-37H,2-7,10-11,14-17,21-23H2,1H3. The minimum Gasteiger partial charge on any atom is -0.489 e. The lowest BCUT2D eigenvalue weighted by molar-refractivity contribution is -0.139. The number of esters is 1. The molecule has 1 saturated carbocycles. The van der Waals surface area contributed by atoms with E-state index in [4.69, 9.17) is 24.4 Å². The van der Waals surface area contributed by atoms with Gasteiger partial charge in [0, 0.05) is 12.0 Å². The molecule has 0 spiro atoms. The number of carbonyl (C=O) groups is 1. The maximum absolute atomic E-state index is 11.8. The molecular weight excluding hydrogens is 520 g/mol. The summed E-state index contributed by atoms with van der Waals surface area (Å²) in [6.45, 7) is 9.32. The van der Waals surface area contributed by atoms with Crippen LogP contribution in [0.2, 0.25) is 0 Å². The van der Waals surface area contributed by atoms with Crippen molar-refractivity contribution in [3.63, 3.8) is 0 Å². The number of carbonyl (C=O) groups excluding carboxylic acids is 1. The molecule has 0 radical (unpaired) electrons. The number of hydrogen-bond acceptors (Lipinski definition) is 7. The SMILES string of the molecule is C=C(CO)C(=O)OCCc1cc(CCOC(O)C(=C)CO)cc(OCc2ccc(C3CCC(CCC)CC3)cc2)c1. The quantitative estimate of drug-likeness (QED) is 0.102. The first-order chi connectivity index (χ1) is 19.8. The second-order valence-corrected chi connectivity index (χ2v) is 11.0. The smallest absolute Gasteiger partial charge is 0.335 e. The molecule has 224 valence electrons. The van der Waals surface area contributed by atoms with Crippen molar-refractivity contribution in [2.24, 2.45) is 5.92 Å². The van der Waals surface area contributed by atoms with Crippen molar-refractivity contribution in [3.8, 4) is 5.75 Å². The van der Waals surface area contributed by atoms with Gasteiger partial charge < -0.3 is 29.5 Å². The van der Waals surface area contributed by atoms with Crippen molar-refractivity contribution in [2.45, 2.75) is 77.1 Å². The Hall–Kier alpha value is -2.97. The second-order valence-electron chi connectivity index (χ2n) is 11.0. The summed E-state index contributed by atoms with van der Waals surface area (Å²) < 4.78 is 16.8. The zero-order valence-corrected chi connectivity index (χ0v) is 24.4. The van der Waals surface area contributed by atoms with E-state index in [0.717, 1.165) is 22.6 Å². The molecule has 1 unspecified atom stereocenters. The molecule has 0 amide bonds. The van der Waals surface area contributed by atoms with Gasteiger partial charge in [0.05, 0.1) is 32.0 Å². The molecule has 0 heterocycles. The topological polar surface area (TPSA) is 105 Å². The molecule has 7 nitrogen and oxygen atoms in total. The average Bonchev–Trinajstić information content (AvgIpc) is 2.99. The van der Waals surface area contributed by atoms with Crippen molar-refractivity contribution in [3.05, 3.63) is 89.0 Å². The molecule has 1 atom stereocenters. The van der Waals surface area contributed by atoms with Crippen molar-refractivity contribution < 1.29 is 34.3 Å². The van der Waals surface area contributed by atoms with Crippen LogP contribution in [0.1, 0.15) is 73.6 Å². The van der Waals surface area contributed by atoms with E-state index in [1.54, 1.807) is 0 Å². The van der Waals surface area contributed by atoms with Gasteiger partial charge in [-0.1, -0.05) is 63.3 Å². The van der Waals surface area contributed by atoms with Crippen LogP contribution < -0.4 is 4.74 Å². The molecule has 3 N–H and O–H groups in total. The summed E-state index contributed by atoms with van der Waals surface area (Å²) in [5.41, 5.74) is 4.55. The summed E-state index contributed by atoms with van der Waals surface area (Å²) in [6, 6.07) is 14.6. The number of aliphatic hydroxyl groups excluding tert-OH is 3. The van der Waals surface area contributed by atoms with Crippen LogP contribution in [0.15, 0.2) is 66.8 Å². The first-order valence-electron chi connectivity index (χ1n) is 14.7. The van der Waals surface area contributed by atoms with E-state index >= 15 is 0 Å². The Balaban J connectivity index is 1.60. The maximum Gasteiger partial charge on any atom is 0.335 e. The molecule has 0 saturated heterocycles. The Morgan fingerprint density at radius 3 is 2.20 bits per heavy atom. The minimum absolute atomic E-state index is 0.0122. The van der Waals surface area contributed by atoms with Gasteiger partial charge in [0.1, 0.15) is 12.4 Å². The normalized spacial score (nSPS) is 17.6. The number of ether oxygens (including phenoxy) is 3. The Morgan fingerprint density at radius 2 is 1.59 bits per heavy atom. The van der Waals surface area contributed by atoms with Crippen LogP contribution in [0.4, 0.5) is 0 Å². The van der Waals surface area contributed by atoms with E-state index in [1.807, 2.05) is 18.2 Å². The highest BCUT2D eigenvalue weighted by Gasteiger charge is 2.21. The summed E-state index contributed by atoms with van der Waals surface area (Å²) in [4.78, 5) is 11.8. The summed E-state index contributed by atoms with van der Waals surface area (Å²) in [5.74, 6) is 1.61. The first-order valence-corrected chi connectivity index (χ1v) is 14.7. The van der Waals surface area contributed by atoms with Crippen molar-refractivity contribution in [1.82, 2.24) is 0 Å². The first kappa shape index (κ1) is 32.5. The Kier molecular flexibility index (Phi) is 13.6. The zero-order chi connectivity index (χ0) is 29.6. The van der Waals surface area contributed by atoms with Crippen molar-refractivity contribution in [1.29, 1.82) is 0 Å². The van der Waals surface area contributed by atoms with E-state index in [1.165, 1.54) is 44.1 Å². The van der Waals surface area contributed by atoms with Crippen LogP contribution in [-0.4, -0.2) is 54.0 Å². The minimum atomic E-state index is -1.23. The van der Waals surface area contributed by atoms with Gasteiger partial charge in [-0.25, -0.2) is 4.79 Å². The van der Waals surface area contributed by atoms with E-state index in [0.29, 0.717) is 31.1 Å². The molecule has 0 aliphatic heterocycles. The molecule has 1 aliphatic rings. The predicted molar refractivity (Wildman–Crippen MR) is 160 cm³/mol. The van der Waals surface area contributed by atoms with Crippen molar-refractivity contribution >= 4 is 5.97 Å². The zero-order valence-electron chi connectivity index (χ0n) is 24.4. The van der Waals surface area contributed by atoms with Crippen LogP contribution in [-0.2, 0) is 33.7 Å². The van der Waals surface area contributed by atoms with Gasteiger partial charge in [-0.3, -0.25) is 0 Å². The molecule has 7 heteroatoms. The Bertz CT molecular complexity index is 1120. The summed E-state index contributed by atoms with van der Waals surface area (Å²) in [6.07, 6.45) is 7.56. The fraction of sp³-hybridized carbons (Fsp3) is 0.500. The monoisotopic (exact) mass is 566 g/mol. The van der Waals surface area contributed by atoms with Gasteiger partial charge in [-0.2, -0.15) is 0 Å². The number of aliphatic hydroxyl groups is 3. The van der Waals surface area contributed by atoms with E-state index in [2.05, 4.69) is 44.3 Å². The van der Waals surface area contributed by atoms with Gasteiger partial charge in [-0.15, -0.1) is 0 Å². The summed E-state index contributed by atoms with van der Waals surface area (Å²) in [5, 5.41) is 28.1. The molecule has 0 bridgehead atoms. The Morgan fingerprint density at radius 1 is 0.927 bits per heavy atom. The molecule has 2 aromatic rings. The number of hydrogen-bond donors (Lipinski definition) is 3. The third-order valence-corrected chi connectivity index (χ3v) is 7.75. The summed E-state index contributed by atoms with van der Waals surface area (Å²) in [7, 11) is 0. The lowest BCUT2D eigenvalue weighted by Gasteiger charge is -2.28. The lowest BCUT2D eigenvalue weighted by Crippen LogP contribution is -2.18. The predicted octanol–water partition coefficient (Wildman–Crippen LogP) is 5.40. The molecular formula is C34H46O7. The van der Waals surface area contributed by atoms with Gasteiger partial charge >= 0.3 is 5.97 Å². The highest BCUT2D eigenvalue weighted by Crippen LogP contribution is 2.37. The molecule has 0 aromatic heterocycles. The van der Waals surface area contributed by atoms with E-state index < -0.39 is 18.9 Å². The summed E-state index contributed by atoms with van der Waals surface area (Å²) >= 11 is 0.